The van der Waals surface area contributed by atoms with Crippen LogP contribution in [0.3, 0.4) is 0 Å². The SMILES string of the molecule is CC(C)c1ccc(COc2ccc(OPO)cc2)cc1. The lowest BCUT2D eigenvalue weighted by Gasteiger charge is -2.09. The van der Waals surface area contributed by atoms with Crippen molar-refractivity contribution in [2.75, 3.05) is 0 Å². The van der Waals surface area contributed by atoms with E-state index >= 15 is 0 Å². The molecule has 0 aromatic heterocycles. The Hall–Kier alpha value is -1.57. The molecule has 1 unspecified atom stereocenters. The Morgan fingerprint density at radius 3 is 2.10 bits per heavy atom. The molecule has 0 spiro atoms. The first-order valence-electron chi connectivity index (χ1n) is 6.56. The van der Waals surface area contributed by atoms with Crippen LogP contribution in [0.25, 0.3) is 0 Å². The van der Waals surface area contributed by atoms with E-state index in [9.17, 15) is 0 Å². The summed E-state index contributed by atoms with van der Waals surface area (Å²) >= 11 is 0. The fraction of sp³-hybridized carbons (Fsp3) is 0.250. The summed E-state index contributed by atoms with van der Waals surface area (Å²) in [7, 11) is -0.534. The number of hydrogen-bond acceptors (Lipinski definition) is 3. The van der Waals surface area contributed by atoms with Gasteiger partial charge in [-0.2, -0.15) is 0 Å². The molecule has 2 aromatic rings. The van der Waals surface area contributed by atoms with Crippen LogP contribution < -0.4 is 9.26 Å². The summed E-state index contributed by atoms with van der Waals surface area (Å²) in [6, 6.07) is 15.7. The van der Waals surface area contributed by atoms with E-state index in [-0.39, 0.29) is 0 Å². The van der Waals surface area contributed by atoms with E-state index in [1.165, 1.54) is 5.56 Å². The molecule has 1 N–H and O–H groups in total. The molecule has 2 rings (SSSR count). The van der Waals surface area contributed by atoms with Crippen LogP contribution in [-0.2, 0) is 6.61 Å². The van der Waals surface area contributed by atoms with Crippen molar-refractivity contribution < 1.29 is 14.2 Å². The molecule has 3 nitrogen and oxygen atoms in total. The van der Waals surface area contributed by atoms with E-state index in [1.54, 1.807) is 12.1 Å². The van der Waals surface area contributed by atoms with Gasteiger partial charge >= 0.3 is 0 Å². The number of hydrogen-bond donors (Lipinski definition) is 1. The molecule has 0 aliphatic heterocycles. The zero-order valence-corrected chi connectivity index (χ0v) is 12.7. The summed E-state index contributed by atoms with van der Waals surface area (Å²) in [6.45, 7) is 4.91. The van der Waals surface area contributed by atoms with E-state index in [4.69, 9.17) is 14.2 Å². The Bertz CT molecular complexity index is 520. The first-order valence-corrected chi connectivity index (χ1v) is 7.42. The minimum atomic E-state index is -0.534. The monoisotopic (exact) mass is 290 g/mol. The van der Waals surface area contributed by atoms with Crippen molar-refractivity contribution in [3.05, 3.63) is 59.7 Å². The Balaban J connectivity index is 1.91. The highest BCUT2D eigenvalue weighted by Gasteiger charge is 2.00. The van der Waals surface area contributed by atoms with Gasteiger partial charge in [-0.05, 0) is 41.3 Å². The quantitative estimate of drug-likeness (QED) is 0.807. The molecule has 0 fully saturated rings. The first-order chi connectivity index (χ1) is 9.69. The van der Waals surface area contributed by atoms with Crippen molar-refractivity contribution in [3.8, 4) is 11.5 Å². The minimum Gasteiger partial charge on any atom is -0.489 e. The summed E-state index contributed by atoms with van der Waals surface area (Å²) < 4.78 is 10.7. The third-order valence-corrected chi connectivity index (χ3v) is 3.37. The van der Waals surface area contributed by atoms with Crippen molar-refractivity contribution in [1.82, 2.24) is 0 Å². The van der Waals surface area contributed by atoms with Crippen LogP contribution in [0.15, 0.2) is 48.5 Å². The second-order valence-corrected chi connectivity index (χ2v) is 5.24. The smallest absolute Gasteiger partial charge is 0.212 e. The zero-order valence-electron chi connectivity index (χ0n) is 11.7. The second kappa shape index (κ2) is 7.28. The van der Waals surface area contributed by atoms with Gasteiger partial charge < -0.3 is 14.2 Å². The standard InChI is InChI=1S/C16H19O3P/c1-12(2)14-5-3-13(4-6-14)11-18-15-7-9-16(10-8-15)19-20-17/h3-10,12,17,20H,11H2,1-2H3. The highest BCUT2D eigenvalue weighted by molar-refractivity contribution is 7.25. The molecule has 0 saturated carbocycles. The van der Waals surface area contributed by atoms with Gasteiger partial charge in [-0.3, -0.25) is 0 Å². The molecule has 0 aliphatic carbocycles. The summed E-state index contributed by atoms with van der Waals surface area (Å²) in [4.78, 5) is 8.68. The lowest BCUT2D eigenvalue weighted by Crippen LogP contribution is -1.96. The van der Waals surface area contributed by atoms with Gasteiger partial charge in [0.1, 0.15) is 18.1 Å². The number of ether oxygens (including phenoxy) is 1. The van der Waals surface area contributed by atoms with Gasteiger partial charge in [0.15, 0.2) is 0 Å². The molecule has 0 saturated heterocycles. The Labute approximate surface area is 121 Å². The van der Waals surface area contributed by atoms with Crippen molar-refractivity contribution in [1.29, 1.82) is 0 Å². The maximum atomic E-state index is 8.68. The van der Waals surface area contributed by atoms with Crippen molar-refractivity contribution in [2.45, 2.75) is 26.4 Å². The molecule has 1 atom stereocenters. The van der Waals surface area contributed by atoms with E-state index in [0.29, 0.717) is 18.3 Å². The van der Waals surface area contributed by atoms with Crippen LogP contribution in [-0.4, -0.2) is 4.89 Å². The molecule has 0 amide bonds. The van der Waals surface area contributed by atoms with Crippen LogP contribution in [0, 0.1) is 0 Å². The van der Waals surface area contributed by atoms with Crippen molar-refractivity contribution in [3.63, 3.8) is 0 Å². The van der Waals surface area contributed by atoms with Gasteiger partial charge in [-0.15, -0.1) is 0 Å². The maximum Gasteiger partial charge on any atom is 0.212 e. The fourth-order valence-corrected chi connectivity index (χ4v) is 2.06. The van der Waals surface area contributed by atoms with Crippen LogP contribution in [0.1, 0.15) is 30.9 Å². The number of benzene rings is 2. The normalized spacial score (nSPS) is 11.2. The summed E-state index contributed by atoms with van der Waals surface area (Å²) in [5.41, 5.74) is 2.48. The highest BCUT2D eigenvalue weighted by Crippen LogP contribution is 2.22. The van der Waals surface area contributed by atoms with Gasteiger partial charge in [0.2, 0.25) is 9.03 Å². The van der Waals surface area contributed by atoms with Crippen LogP contribution in [0.2, 0.25) is 0 Å². The van der Waals surface area contributed by atoms with Crippen LogP contribution in [0.4, 0.5) is 0 Å². The summed E-state index contributed by atoms with van der Waals surface area (Å²) in [5.74, 6) is 1.97. The molecule has 106 valence electrons. The molecule has 0 bridgehead atoms. The van der Waals surface area contributed by atoms with E-state index in [1.807, 2.05) is 12.1 Å². The van der Waals surface area contributed by atoms with Gasteiger partial charge in [0, 0.05) is 0 Å². The zero-order chi connectivity index (χ0) is 14.4. The Morgan fingerprint density at radius 2 is 1.55 bits per heavy atom. The van der Waals surface area contributed by atoms with Crippen molar-refractivity contribution in [2.24, 2.45) is 0 Å². The second-order valence-electron chi connectivity index (χ2n) is 4.85. The van der Waals surface area contributed by atoms with Crippen LogP contribution >= 0.6 is 9.03 Å². The third kappa shape index (κ3) is 4.22. The Kier molecular flexibility index (Phi) is 5.40. The summed E-state index contributed by atoms with van der Waals surface area (Å²) in [6.07, 6.45) is 0. The fourth-order valence-electron chi connectivity index (χ4n) is 1.82. The molecule has 0 heterocycles. The number of rotatable bonds is 6. The molecule has 2 aromatic carbocycles. The molecular formula is C16H19O3P. The average Bonchev–Trinajstić information content (AvgIpc) is 2.47. The predicted octanol–water partition coefficient (Wildman–Crippen LogP) is 4.27. The lowest BCUT2D eigenvalue weighted by atomic mass is 10.0. The molecule has 0 radical (unpaired) electrons. The Morgan fingerprint density at radius 1 is 0.950 bits per heavy atom. The molecular weight excluding hydrogens is 271 g/mol. The molecule has 0 aliphatic rings. The highest BCUT2D eigenvalue weighted by atomic mass is 31.1. The van der Waals surface area contributed by atoms with Gasteiger partial charge in [0.25, 0.3) is 0 Å². The van der Waals surface area contributed by atoms with E-state index < -0.39 is 9.03 Å². The summed E-state index contributed by atoms with van der Waals surface area (Å²) in [5, 5.41) is 0. The molecule has 4 heteroatoms. The van der Waals surface area contributed by atoms with Gasteiger partial charge in [0.05, 0.1) is 0 Å². The first kappa shape index (κ1) is 14.8. The topological polar surface area (TPSA) is 38.7 Å². The average molecular weight is 290 g/mol. The van der Waals surface area contributed by atoms with E-state index in [2.05, 4.69) is 38.1 Å². The van der Waals surface area contributed by atoms with Gasteiger partial charge in [-0.1, -0.05) is 38.1 Å². The van der Waals surface area contributed by atoms with Crippen molar-refractivity contribution >= 4 is 9.03 Å². The predicted molar refractivity (Wildman–Crippen MR) is 82.5 cm³/mol. The third-order valence-electron chi connectivity index (χ3n) is 3.04. The molecule has 20 heavy (non-hydrogen) atoms. The minimum absolute atomic E-state index is 0.534. The van der Waals surface area contributed by atoms with E-state index in [0.717, 1.165) is 11.3 Å². The van der Waals surface area contributed by atoms with Gasteiger partial charge in [-0.25, -0.2) is 0 Å². The largest absolute Gasteiger partial charge is 0.489 e. The maximum absolute atomic E-state index is 8.68. The lowest BCUT2D eigenvalue weighted by molar-refractivity contribution is 0.306. The van der Waals surface area contributed by atoms with Crippen LogP contribution in [0.5, 0.6) is 11.5 Å².